The summed E-state index contributed by atoms with van der Waals surface area (Å²) in [6.45, 7) is 6.69. The maximum Gasteiger partial charge on any atom is 0.252 e. The van der Waals surface area contributed by atoms with Crippen LogP contribution >= 0.6 is 11.6 Å². The molecule has 0 atom stereocenters. The second-order valence-electron chi connectivity index (χ2n) is 7.01. The third kappa shape index (κ3) is 6.76. The largest absolute Gasteiger partial charge is 0.353 e. The first-order valence-electron chi connectivity index (χ1n) is 9.29. The van der Waals surface area contributed by atoms with Gasteiger partial charge in [0.15, 0.2) is 0 Å². The number of amides is 3. The molecule has 0 saturated carbocycles. The van der Waals surface area contributed by atoms with Gasteiger partial charge in [-0.05, 0) is 32.0 Å². The number of halogens is 2. The molecular formula is C19H26ClFN4O3. The molecule has 1 aromatic rings. The monoisotopic (exact) mass is 412 g/mol. The van der Waals surface area contributed by atoms with Crippen LogP contribution in [0.15, 0.2) is 18.2 Å². The second kappa shape index (κ2) is 10.4. The molecule has 1 aromatic carbocycles. The summed E-state index contributed by atoms with van der Waals surface area (Å²) in [6, 6.07) is 3.65. The van der Waals surface area contributed by atoms with E-state index in [1.807, 2.05) is 18.7 Å². The van der Waals surface area contributed by atoms with E-state index in [1.165, 1.54) is 6.07 Å². The minimum Gasteiger partial charge on any atom is -0.353 e. The van der Waals surface area contributed by atoms with Crippen molar-refractivity contribution in [3.63, 3.8) is 0 Å². The van der Waals surface area contributed by atoms with Crippen LogP contribution < -0.4 is 10.6 Å². The maximum absolute atomic E-state index is 13.0. The SMILES string of the molecule is CC(C)NC(=O)CN1CCN(C(=O)CCNC(=O)c2ccc(F)cc2Cl)CC1. The highest BCUT2D eigenvalue weighted by molar-refractivity contribution is 6.33. The lowest BCUT2D eigenvalue weighted by Gasteiger charge is -2.34. The van der Waals surface area contributed by atoms with Crippen molar-refractivity contribution >= 4 is 29.3 Å². The summed E-state index contributed by atoms with van der Waals surface area (Å²) >= 11 is 5.86. The van der Waals surface area contributed by atoms with E-state index >= 15 is 0 Å². The number of carbonyl (C=O) groups is 3. The number of nitrogens with one attached hydrogen (secondary N) is 2. The van der Waals surface area contributed by atoms with Gasteiger partial charge in [0.05, 0.1) is 17.1 Å². The summed E-state index contributed by atoms with van der Waals surface area (Å²) in [7, 11) is 0. The topological polar surface area (TPSA) is 81.8 Å². The maximum atomic E-state index is 13.0. The Hall–Kier alpha value is -2.19. The van der Waals surface area contributed by atoms with Gasteiger partial charge in [-0.2, -0.15) is 0 Å². The molecule has 2 N–H and O–H groups in total. The number of hydrogen-bond acceptors (Lipinski definition) is 4. The molecule has 1 aliphatic heterocycles. The van der Waals surface area contributed by atoms with Gasteiger partial charge in [0.1, 0.15) is 5.82 Å². The predicted molar refractivity (Wildman–Crippen MR) is 105 cm³/mol. The summed E-state index contributed by atoms with van der Waals surface area (Å²) in [5.74, 6) is -1.04. The van der Waals surface area contributed by atoms with Gasteiger partial charge in [0.2, 0.25) is 11.8 Å². The Morgan fingerprint density at radius 1 is 1.18 bits per heavy atom. The van der Waals surface area contributed by atoms with Gasteiger partial charge in [-0.3, -0.25) is 19.3 Å². The quantitative estimate of drug-likeness (QED) is 0.706. The molecule has 1 fully saturated rings. The van der Waals surface area contributed by atoms with Gasteiger partial charge in [-0.1, -0.05) is 11.6 Å². The van der Waals surface area contributed by atoms with E-state index in [4.69, 9.17) is 11.6 Å². The highest BCUT2D eigenvalue weighted by Gasteiger charge is 2.22. The average molecular weight is 413 g/mol. The Morgan fingerprint density at radius 3 is 2.46 bits per heavy atom. The number of nitrogens with zero attached hydrogens (tertiary/aromatic N) is 2. The van der Waals surface area contributed by atoms with E-state index in [0.717, 1.165) is 12.1 Å². The first kappa shape index (κ1) is 22.1. The standard InChI is InChI=1S/C19H26ClFN4O3/c1-13(2)23-17(26)12-24-7-9-25(10-8-24)18(27)5-6-22-19(28)15-4-3-14(21)11-16(15)20/h3-4,11,13H,5-10,12H2,1-2H3,(H,22,28)(H,23,26). The molecule has 2 rings (SSSR count). The van der Waals surface area contributed by atoms with Crippen molar-refractivity contribution in [2.45, 2.75) is 26.3 Å². The van der Waals surface area contributed by atoms with Crippen molar-refractivity contribution in [3.8, 4) is 0 Å². The normalized spacial score (nSPS) is 14.8. The average Bonchev–Trinajstić information content (AvgIpc) is 2.61. The molecule has 154 valence electrons. The Labute approximate surface area is 169 Å². The van der Waals surface area contributed by atoms with E-state index in [1.54, 1.807) is 4.90 Å². The Bertz CT molecular complexity index is 721. The fourth-order valence-electron chi connectivity index (χ4n) is 2.94. The Balaban J connectivity index is 1.70. The Morgan fingerprint density at radius 2 is 1.86 bits per heavy atom. The lowest BCUT2D eigenvalue weighted by molar-refractivity contribution is -0.133. The summed E-state index contributed by atoms with van der Waals surface area (Å²) in [5.41, 5.74) is 0.170. The van der Waals surface area contributed by atoms with Gasteiger partial charge >= 0.3 is 0 Å². The van der Waals surface area contributed by atoms with Crippen LogP contribution in [-0.2, 0) is 9.59 Å². The number of carbonyl (C=O) groups excluding carboxylic acids is 3. The van der Waals surface area contributed by atoms with Crippen molar-refractivity contribution in [2.24, 2.45) is 0 Å². The molecule has 0 unspecified atom stereocenters. The van der Waals surface area contributed by atoms with Crippen LogP contribution in [0.2, 0.25) is 5.02 Å². The minimum absolute atomic E-state index is 0.0167. The molecule has 0 aliphatic carbocycles. The van der Waals surface area contributed by atoms with E-state index < -0.39 is 11.7 Å². The van der Waals surface area contributed by atoms with Gasteiger partial charge in [-0.25, -0.2) is 4.39 Å². The van der Waals surface area contributed by atoms with Gasteiger partial charge < -0.3 is 15.5 Å². The molecule has 1 aliphatic rings. The zero-order valence-electron chi connectivity index (χ0n) is 16.1. The fraction of sp³-hybridized carbons (Fsp3) is 0.526. The van der Waals surface area contributed by atoms with Crippen LogP contribution in [0.3, 0.4) is 0 Å². The highest BCUT2D eigenvalue weighted by atomic mass is 35.5. The number of rotatable bonds is 7. The van der Waals surface area contributed by atoms with Crippen molar-refractivity contribution in [2.75, 3.05) is 39.3 Å². The molecule has 0 aromatic heterocycles. The molecule has 1 saturated heterocycles. The lowest BCUT2D eigenvalue weighted by atomic mass is 10.2. The van der Waals surface area contributed by atoms with Crippen LogP contribution in [-0.4, -0.2) is 72.8 Å². The van der Waals surface area contributed by atoms with Crippen molar-refractivity contribution in [1.82, 2.24) is 20.4 Å². The second-order valence-corrected chi connectivity index (χ2v) is 7.42. The smallest absolute Gasteiger partial charge is 0.252 e. The fourth-order valence-corrected chi connectivity index (χ4v) is 3.19. The Kier molecular flexibility index (Phi) is 8.19. The number of benzene rings is 1. The molecule has 0 bridgehead atoms. The summed E-state index contributed by atoms with van der Waals surface area (Å²) in [6.07, 6.45) is 0.165. The third-order valence-corrected chi connectivity index (χ3v) is 4.65. The van der Waals surface area contributed by atoms with E-state index in [-0.39, 0.29) is 41.4 Å². The summed E-state index contributed by atoms with van der Waals surface area (Å²) in [4.78, 5) is 39.9. The van der Waals surface area contributed by atoms with E-state index in [9.17, 15) is 18.8 Å². The van der Waals surface area contributed by atoms with Crippen molar-refractivity contribution < 1.29 is 18.8 Å². The van der Waals surface area contributed by atoms with Gasteiger partial charge in [-0.15, -0.1) is 0 Å². The summed E-state index contributed by atoms with van der Waals surface area (Å²) in [5, 5.41) is 5.51. The predicted octanol–water partition coefficient (Wildman–Crippen LogP) is 1.27. The molecule has 9 heteroatoms. The van der Waals surface area contributed by atoms with Crippen LogP contribution in [0, 0.1) is 5.82 Å². The highest BCUT2D eigenvalue weighted by Crippen LogP contribution is 2.17. The van der Waals surface area contributed by atoms with Crippen molar-refractivity contribution in [3.05, 3.63) is 34.6 Å². The first-order valence-corrected chi connectivity index (χ1v) is 9.67. The lowest BCUT2D eigenvalue weighted by Crippen LogP contribution is -2.51. The zero-order chi connectivity index (χ0) is 20.7. The minimum atomic E-state index is -0.516. The zero-order valence-corrected chi connectivity index (χ0v) is 16.9. The third-order valence-electron chi connectivity index (χ3n) is 4.34. The van der Waals surface area contributed by atoms with Gasteiger partial charge in [0, 0.05) is 45.2 Å². The van der Waals surface area contributed by atoms with Crippen LogP contribution in [0.5, 0.6) is 0 Å². The molecule has 1 heterocycles. The molecule has 0 radical (unpaired) electrons. The van der Waals surface area contributed by atoms with Crippen LogP contribution in [0.1, 0.15) is 30.6 Å². The number of hydrogen-bond donors (Lipinski definition) is 2. The molecule has 0 spiro atoms. The van der Waals surface area contributed by atoms with Crippen LogP contribution in [0.25, 0.3) is 0 Å². The van der Waals surface area contributed by atoms with Crippen LogP contribution in [0.4, 0.5) is 4.39 Å². The first-order chi connectivity index (χ1) is 13.3. The molecule has 7 nitrogen and oxygen atoms in total. The number of piperazine rings is 1. The van der Waals surface area contributed by atoms with Crippen molar-refractivity contribution in [1.29, 1.82) is 0 Å². The van der Waals surface area contributed by atoms with Gasteiger partial charge in [0.25, 0.3) is 5.91 Å². The summed E-state index contributed by atoms with van der Waals surface area (Å²) < 4.78 is 13.0. The van der Waals surface area contributed by atoms with E-state index in [0.29, 0.717) is 32.7 Å². The molecule has 28 heavy (non-hydrogen) atoms. The molecule has 3 amide bonds. The van der Waals surface area contributed by atoms with E-state index in [2.05, 4.69) is 10.6 Å². The molecular weight excluding hydrogens is 387 g/mol.